The molecule has 0 unspecified atom stereocenters. The molecular weight excluding hydrogens is 532 g/mol. The molecular formula is C23H26F3IN4O. The Morgan fingerprint density at radius 1 is 1.03 bits per heavy atom. The number of nitrogens with one attached hydrogen (secondary N) is 1. The first kappa shape index (κ1) is 23.3. The number of nitrogens with zero attached hydrogens (tertiary/aromatic N) is 3. The molecule has 2 aromatic carbocycles. The third kappa shape index (κ3) is 5.20. The molecule has 2 aromatic rings. The molecule has 1 saturated heterocycles. The third-order valence-electron chi connectivity index (χ3n) is 6.15. The summed E-state index contributed by atoms with van der Waals surface area (Å²) in [6, 6.07) is 9.52. The van der Waals surface area contributed by atoms with Crippen molar-refractivity contribution >= 4 is 40.0 Å². The maximum absolute atomic E-state index is 13.8. The third-order valence-corrected chi connectivity index (χ3v) is 6.83. The second-order valence-electron chi connectivity index (χ2n) is 8.18. The molecule has 172 valence electrons. The number of piperazine rings is 1. The van der Waals surface area contributed by atoms with Crippen molar-refractivity contribution < 1.29 is 18.0 Å². The zero-order valence-electron chi connectivity index (χ0n) is 17.9. The lowest BCUT2D eigenvalue weighted by atomic mass is 10.0. The summed E-state index contributed by atoms with van der Waals surface area (Å²) in [5.41, 5.74) is 1.58. The number of likely N-dealkylation sites (N-methyl/N-ethyl adjacent to an activating group) is 1. The van der Waals surface area contributed by atoms with Gasteiger partial charge in [-0.2, -0.15) is 13.2 Å². The summed E-state index contributed by atoms with van der Waals surface area (Å²) in [5, 5.41) is 2.66. The van der Waals surface area contributed by atoms with E-state index in [0.29, 0.717) is 6.54 Å². The standard InChI is InChI=1S/C23H26F3IN4O/c1-2-29-9-11-30(12-10-29)15-17-3-5-19(14-20(17)23(24,25)26)28-22(32)31-8-7-16-13-18(27)4-6-21(16)31/h3-6,13-14H,2,7-12,15H2,1H3,(H,28,32). The van der Waals surface area contributed by atoms with Crippen LogP contribution in [0.1, 0.15) is 23.6 Å². The first-order chi connectivity index (χ1) is 15.2. The van der Waals surface area contributed by atoms with E-state index in [2.05, 4.69) is 44.6 Å². The van der Waals surface area contributed by atoms with Crippen LogP contribution in [0.5, 0.6) is 0 Å². The molecule has 0 radical (unpaired) electrons. The minimum atomic E-state index is -4.49. The Morgan fingerprint density at radius 2 is 1.75 bits per heavy atom. The van der Waals surface area contributed by atoms with Gasteiger partial charge in [-0.15, -0.1) is 0 Å². The number of hydrogen-bond donors (Lipinski definition) is 1. The van der Waals surface area contributed by atoms with Gasteiger partial charge in [0.15, 0.2) is 0 Å². The minimum Gasteiger partial charge on any atom is -0.308 e. The fraction of sp³-hybridized carbons (Fsp3) is 0.435. The number of rotatable bonds is 4. The fourth-order valence-corrected chi connectivity index (χ4v) is 4.89. The molecule has 1 fully saturated rings. The highest BCUT2D eigenvalue weighted by atomic mass is 127. The summed E-state index contributed by atoms with van der Waals surface area (Å²) < 4.78 is 42.6. The van der Waals surface area contributed by atoms with E-state index in [9.17, 15) is 18.0 Å². The van der Waals surface area contributed by atoms with Crippen LogP contribution in [0.2, 0.25) is 0 Å². The van der Waals surface area contributed by atoms with E-state index >= 15 is 0 Å². The maximum atomic E-state index is 13.8. The second kappa shape index (κ2) is 9.56. The van der Waals surface area contributed by atoms with Gasteiger partial charge < -0.3 is 10.2 Å². The number of hydrogen-bond acceptors (Lipinski definition) is 3. The van der Waals surface area contributed by atoms with Gasteiger partial charge in [0.25, 0.3) is 0 Å². The Balaban J connectivity index is 1.49. The topological polar surface area (TPSA) is 38.8 Å². The van der Waals surface area contributed by atoms with E-state index in [1.807, 2.05) is 18.2 Å². The molecule has 4 rings (SSSR count). The number of carbonyl (C=O) groups is 1. The second-order valence-corrected chi connectivity index (χ2v) is 9.43. The summed E-state index contributed by atoms with van der Waals surface area (Å²) >= 11 is 2.22. The van der Waals surface area contributed by atoms with Crippen LogP contribution >= 0.6 is 22.6 Å². The zero-order valence-corrected chi connectivity index (χ0v) is 20.0. The summed E-state index contributed by atoms with van der Waals surface area (Å²) in [4.78, 5) is 18.7. The van der Waals surface area contributed by atoms with Crippen molar-refractivity contribution in [1.82, 2.24) is 9.80 Å². The molecule has 0 saturated carbocycles. The minimum absolute atomic E-state index is 0.154. The van der Waals surface area contributed by atoms with Crippen LogP contribution in [0.25, 0.3) is 0 Å². The number of urea groups is 1. The van der Waals surface area contributed by atoms with Gasteiger partial charge in [-0.05, 0) is 77.0 Å². The number of halogens is 4. The Morgan fingerprint density at radius 3 is 2.44 bits per heavy atom. The highest BCUT2D eigenvalue weighted by molar-refractivity contribution is 14.1. The lowest BCUT2D eigenvalue weighted by Crippen LogP contribution is -2.45. The predicted molar refractivity (Wildman–Crippen MR) is 128 cm³/mol. The Bertz CT molecular complexity index is 990. The first-order valence-corrected chi connectivity index (χ1v) is 11.8. The number of alkyl halides is 3. The molecule has 2 aliphatic heterocycles. The summed E-state index contributed by atoms with van der Waals surface area (Å²) in [5.74, 6) is 0. The number of fused-ring (bicyclic) bond motifs is 1. The van der Waals surface area contributed by atoms with Gasteiger partial charge in [0.2, 0.25) is 0 Å². The molecule has 2 amide bonds. The van der Waals surface area contributed by atoms with Gasteiger partial charge >= 0.3 is 12.2 Å². The fourth-order valence-electron chi connectivity index (χ4n) is 4.33. The molecule has 1 N–H and O–H groups in total. The molecule has 0 aliphatic carbocycles. The van der Waals surface area contributed by atoms with Crippen LogP contribution < -0.4 is 10.2 Å². The van der Waals surface area contributed by atoms with E-state index in [1.54, 1.807) is 11.0 Å². The van der Waals surface area contributed by atoms with E-state index in [-0.39, 0.29) is 17.8 Å². The average Bonchev–Trinajstić information content (AvgIpc) is 3.17. The van der Waals surface area contributed by atoms with Gasteiger partial charge in [-0.25, -0.2) is 4.79 Å². The van der Waals surface area contributed by atoms with E-state index in [1.165, 1.54) is 6.07 Å². The van der Waals surface area contributed by atoms with Gasteiger partial charge in [0.05, 0.1) is 5.56 Å². The molecule has 32 heavy (non-hydrogen) atoms. The van der Waals surface area contributed by atoms with E-state index in [0.717, 1.165) is 60.0 Å². The molecule has 2 heterocycles. The van der Waals surface area contributed by atoms with Crippen LogP contribution in [0.4, 0.5) is 29.3 Å². The number of carbonyl (C=O) groups excluding carboxylic acids is 1. The predicted octanol–water partition coefficient (Wildman–Crippen LogP) is 5.04. The molecule has 0 aromatic heterocycles. The van der Waals surface area contributed by atoms with Crippen molar-refractivity contribution in [3.63, 3.8) is 0 Å². The van der Waals surface area contributed by atoms with Crippen LogP contribution in [-0.2, 0) is 19.1 Å². The highest BCUT2D eigenvalue weighted by Gasteiger charge is 2.34. The van der Waals surface area contributed by atoms with Crippen LogP contribution in [0.15, 0.2) is 36.4 Å². The summed E-state index contributed by atoms with van der Waals surface area (Å²) in [7, 11) is 0. The van der Waals surface area contributed by atoms with Crippen molar-refractivity contribution in [2.45, 2.75) is 26.1 Å². The van der Waals surface area contributed by atoms with Crippen molar-refractivity contribution in [2.24, 2.45) is 0 Å². The number of amides is 2. The quantitative estimate of drug-likeness (QED) is 0.535. The lowest BCUT2D eigenvalue weighted by Gasteiger charge is -2.34. The first-order valence-electron chi connectivity index (χ1n) is 10.8. The molecule has 0 spiro atoms. The van der Waals surface area contributed by atoms with E-state index < -0.39 is 17.8 Å². The van der Waals surface area contributed by atoms with Crippen molar-refractivity contribution in [1.29, 1.82) is 0 Å². The largest absolute Gasteiger partial charge is 0.416 e. The van der Waals surface area contributed by atoms with Crippen LogP contribution in [0, 0.1) is 3.57 Å². The van der Waals surface area contributed by atoms with Crippen molar-refractivity contribution in [2.75, 3.05) is 49.5 Å². The lowest BCUT2D eigenvalue weighted by molar-refractivity contribution is -0.138. The van der Waals surface area contributed by atoms with E-state index in [4.69, 9.17) is 0 Å². The summed E-state index contributed by atoms with van der Waals surface area (Å²) in [6.45, 7) is 7.02. The van der Waals surface area contributed by atoms with Gasteiger partial charge in [0, 0.05) is 54.2 Å². The Labute approximate surface area is 199 Å². The Hall–Kier alpha value is -1.85. The average molecular weight is 558 g/mol. The maximum Gasteiger partial charge on any atom is 0.416 e. The van der Waals surface area contributed by atoms with Gasteiger partial charge in [0.1, 0.15) is 0 Å². The molecule has 5 nitrogen and oxygen atoms in total. The molecule has 2 aliphatic rings. The number of anilines is 2. The SMILES string of the molecule is CCN1CCN(Cc2ccc(NC(=O)N3CCc4cc(I)ccc43)cc2C(F)(F)F)CC1. The van der Waals surface area contributed by atoms with Crippen LogP contribution in [-0.4, -0.2) is 55.1 Å². The molecule has 0 atom stereocenters. The monoisotopic (exact) mass is 558 g/mol. The molecule has 9 heteroatoms. The highest BCUT2D eigenvalue weighted by Crippen LogP contribution is 2.35. The van der Waals surface area contributed by atoms with Crippen LogP contribution in [0.3, 0.4) is 0 Å². The molecule has 0 bridgehead atoms. The van der Waals surface area contributed by atoms with Gasteiger partial charge in [-0.1, -0.05) is 13.0 Å². The van der Waals surface area contributed by atoms with Crippen molar-refractivity contribution in [3.8, 4) is 0 Å². The van der Waals surface area contributed by atoms with Crippen molar-refractivity contribution in [3.05, 3.63) is 56.7 Å². The number of benzene rings is 2. The normalized spacial score (nSPS) is 17.5. The smallest absolute Gasteiger partial charge is 0.308 e. The zero-order chi connectivity index (χ0) is 22.9. The van der Waals surface area contributed by atoms with Gasteiger partial charge in [-0.3, -0.25) is 9.80 Å². The Kier molecular flexibility index (Phi) is 6.97. The summed E-state index contributed by atoms with van der Waals surface area (Å²) in [6.07, 6.45) is -3.75.